The summed E-state index contributed by atoms with van der Waals surface area (Å²) < 4.78 is 6.26. The van der Waals surface area contributed by atoms with Crippen molar-refractivity contribution in [1.82, 2.24) is 4.98 Å². The van der Waals surface area contributed by atoms with Crippen molar-refractivity contribution in [3.05, 3.63) is 82.9 Å². The van der Waals surface area contributed by atoms with Crippen LogP contribution in [-0.2, 0) is 4.79 Å². The third-order valence-electron chi connectivity index (χ3n) is 6.53. The summed E-state index contributed by atoms with van der Waals surface area (Å²) >= 11 is 14.7. The van der Waals surface area contributed by atoms with Gasteiger partial charge >= 0.3 is 0 Å². The summed E-state index contributed by atoms with van der Waals surface area (Å²) in [5.74, 6) is 0.0894. The molecule has 2 aliphatic rings. The number of carbonyl (C=O) groups is 1. The first-order valence-electron chi connectivity index (χ1n) is 11.4. The van der Waals surface area contributed by atoms with Crippen LogP contribution in [0.4, 0.5) is 10.8 Å². The number of fused-ring (bicyclic) bond motifs is 1. The Kier molecular flexibility index (Phi) is 5.63. The molecule has 1 aromatic heterocycles. The normalized spacial score (nSPS) is 22.2. The summed E-state index contributed by atoms with van der Waals surface area (Å²) in [5.41, 5.74) is 2.44. The van der Waals surface area contributed by atoms with E-state index in [1.165, 1.54) is 18.4 Å². The van der Waals surface area contributed by atoms with Gasteiger partial charge in [0.15, 0.2) is 27.7 Å². The largest absolute Gasteiger partial charge is 0.504 e. The van der Waals surface area contributed by atoms with Crippen molar-refractivity contribution in [3.63, 3.8) is 0 Å². The van der Waals surface area contributed by atoms with Gasteiger partial charge in [-0.25, -0.2) is 9.99 Å². The molecule has 1 saturated heterocycles. The number of carbonyl (C=O) groups excluding carboxylic acids is 1. The van der Waals surface area contributed by atoms with Crippen molar-refractivity contribution in [2.75, 3.05) is 17.0 Å². The number of rotatable bonds is 4. The van der Waals surface area contributed by atoms with Crippen molar-refractivity contribution < 1.29 is 14.6 Å². The molecule has 1 fully saturated rings. The molecule has 1 amide bonds. The highest BCUT2D eigenvalue weighted by molar-refractivity contribution is 7.22. The topological polar surface area (TPSA) is 78.3 Å². The number of ether oxygens (including phenoxy) is 1. The van der Waals surface area contributed by atoms with Crippen LogP contribution in [0.5, 0.6) is 11.5 Å². The Labute approximate surface area is 226 Å². The molecule has 2 unspecified atom stereocenters. The maximum atomic E-state index is 13.5. The molecule has 1 spiro atoms. The molecule has 0 saturated carbocycles. The number of amides is 1. The monoisotopic (exact) mass is 550 g/mol. The van der Waals surface area contributed by atoms with Crippen LogP contribution in [0.2, 0.25) is 5.02 Å². The second-order valence-corrected chi connectivity index (χ2v) is 10.6. The molecule has 1 N–H and O–H groups in total. The number of halogens is 2. The number of hydrogen-bond donors (Lipinski definition) is 1. The van der Waals surface area contributed by atoms with E-state index in [4.69, 9.17) is 38.0 Å². The van der Waals surface area contributed by atoms with E-state index in [2.05, 4.69) is 0 Å². The Balaban J connectivity index is 1.58. The van der Waals surface area contributed by atoms with Crippen molar-refractivity contribution in [2.45, 2.75) is 18.0 Å². The standard InChI is InChI=1S/C27H20Cl2N4O3S/c1-15-19(12-16-10-11-21(34)22(13-16)36-2)27(33(31-15)18-7-5-6-17(28)14-18)24(29)25(35)32(27)26-30-20-8-3-4-9-23(20)37-26/h3-14,24,34H,1-2H3/b19-12+. The number of alkyl halides is 1. The van der Waals surface area contributed by atoms with E-state index in [-0.39, 0.29) is 11.7 Å². The average Bonchev–Trinajstić information content (AvgIpc) is 3.45. The van der Waals surface area contributed by atoms with E-state index in [1.54, 1.807) is 40.2 Å². The van der Waals surface area contributed by atoms with Crippen LogP contribution >= 0.6 is 34.5 Å². The van der Waals surface area contributed by atoms with Crippen LogP contribution < -0.4 is 14.6 Å². The minimum Gasteiger partial charge on any atom is -0.504 e. The Morgan fingerprint density at radius 1 is 1.14 bits per heavy atom. The summed E-state index contributed by atoms with van der Waals surface area (Å²) in [7, 11) is 1.49. The number of hydrazone groups is 1. The van der Waals surface area contributed by atoms with Gasteiger partial charge in [0.25, 0.3) is 5.91 Å². The van der Waals surface area contributed by atoms with Crippen molar-refractivity contribution >= 4 is 73.3 Å². The van der Waals surface area contributed by atoms with E-state index in [0.29, 0.717) is 27.3 Å². The van der Waals surface area contributed by atoms with E-state index in [9.17, 15) is 9.90 Å². The van der Waals surface area contributed by atoms with Crippen molar-refractivity contribution in [3.8, 4) is 11.5 Å². The fourth-order valence-electron chi connectivity index (χ4n) is 4.84. The first-order valence-corrected chi connectivity index (χ1v) is 13.0. The van der Waals surface area contributed by atoms with Gasteiger partial charge in [0.05, 0.1) is 28.7 Å². The zero-order valence-electron chi connectivity index (χ0n) is 19.7. The zero-order valence-corrected chi connectivity index (χ0v) is 22.1. The number of aromatic hydroxyl groups is 1. The first kappa shape index (κ1) is 23.8. The quantitative estimate of drug-likeness (QED) is 0.238. The predicted molar refractivity (Wildman–Crippen MR) is 149 cm³/mol. The summed E-state index contributed by atoms with van der Waals surface area (Å²) in [5, 5.41) is 16.8. The summed E-state index contributed by atoms with van der Waals surface area (Å²) in [6.45, 7) is 1.87. The molecule has 37 heavy (non-hydrogen) atoms. The number of benzene rings is 3. The third kappa shape index (κ3) is 3.51. The van der Waals surface area contributed by atoms with Gasteiger partial charge in [-0.3, -0.25) is 9.69 Å². The molecular weight excluding hydrogens is 531 g/mol. The van der Waals surface area contributed by atoms with Gasteiger partial charge in [-0.2, -0.15) is 5.10 Å². The number of aromatic nitrogens is 1. The lowest BCUT2D eigenvalue weighted by molar-refractivity contribution is -0.125. The van der Waals surface area contributed by atoms with Crippen LogP contribution in [0.1, 0.15) is 12.5 Å². The molecule has 2 atom stereocenters. The second-order valence-electron chi connectivity index (χ2n) is 8.69. The number of methoxy groups -OCH3 is 1. The molecule has 2 aliphatic heterocycles. The third-order valence-corrected chi connectivity index (χ3v) is 8.28. The summed E-state index contributed by atoms with van der Waals surface area (Å²) in [6, 6.07) is 20.0. The van der Waals surface area contributed by atoms with Gasteiger partial charge in [0.2, 0.25) is 0 Å². The molecular formula is C27H20Cl2N4O3S. The molecule has 3 aromatic carbocycles. The molecule has 0 radical (unpaired) electrons. The van der Waals surface area contributed by atoms with E-state index in [0.717, 1.165) is 21.4 Å². The number of nitrogens with zero attached hydrogens (tertiary/aromatic N) is 4. The number of β-lactam (4-membered cyclic amide) rings is 1. The maximum Gasteiger partial charge on any atom is 0.254 e. The molecule has 3 heterocycles. The lowest BCUT2D eigenvalue weighted by Crippen LogP contribution is -2.79. The number of thiazole rings is 1. The van der Waals surface area contributed by atoms with Crippen molar-refractivity contribution in [1.29, 1.82) is 0 Å². The van der Waals surface area contributed by atoms with Crippen LogP contribution in [0.25, 0.3) is 16.3 Å². The van der Waals surface area contributed by atoms with Gasteiger partial charge in [-0.1, -0.05) is 47.2 Å². The predicted octanol–water partition coefficient (Wildman–Crippen LogP) is 6.29. The summed E-state index contributed by atoms with van der Waals surface area (Å²) in [6.07, 6.45) is 1.91. The minimum atomic E-state index is -1.19. The van der Waals surface area contributed by atoms with Gasteiger partial charge in [-0.05, 0) is 61.0 Å². The lowest BCUT2D eigenvalue weighted by Gasteiger charge is -2.55. The molecule has 4 aromatic rings. The molecule has 186 valence electrons. The van der Waals surface area contributed by atoms with Crippen LogP contribution in [0.15, 0.2) is 77.4 Å². The SMILES string of the molecule is COc1cc(/C=C2\C(C)=NN(c3cccc(Cl)c3)C23C(Cl)C(=O)N3c2nc3ccccc3s2)ccc1O. The fourth-order valence-corrected chi connectivity index (χ4v) is 6.46. The number of anilines is 2. The van der Waals surface area contributed by atoms with E-state index in [1.807, 2.05) is 49.4 Å². The highest BCUT2D eigenvalue weighted by Gasteiger charge is 2.69. The molecule has 10 heteroatoms. The molecule has 0 aliphatic carbocycles. The fraction of sp³-hybridized carbons (Fsp3) is 0.148. The Morgan fingerprint density at radius 2 is 1.95 bits per heavy atom. The van der Waals surface area contributed by atoms with Crippen LogP contribution in [0, 0.1) is 0 Å². The smallest absolute Gasteiger partial charge is 0.254 e. The van der Waals surface area contributed by atoms with Crippen LogP contribution in [0.3, 0.4) is 0 Å². The molecule has 6 rings (SSSR count). The Bertz CT molecular complexity index is 1600. The maximum absolute atomic E-state index is 13.5. The number of para-hydroxylation sites is 1. The Morgan fingerprint density at radius 3 is 2.70 bits per heavy atom. The van der Waals surface area contributed by atoms with Crippen molar-refractivity contribution in [2.24, 2.45) is 5.10 Å². The zero-order chi connectivity index (χ0) is 25.9. The molecule has 0 bridgehead atoms. The van der Waals surface area contributed by atoms with Gasteiger partial charge in [0.1, 0.15) is 0 Å². The van der Waals surface area contributed by atoms with Gasteiger partial charge in [-0.15, -0.1) is 11.6 Å². The summed E-state index contributed by atoms with van der Waals surface area (Å²) in [4.78, 5) is 19.9. The Hall–Kier alpha value is -3.59. The number of hydrogen-bond acceptors (Lipinski definition) is 7. The number of phenolic OH excluding ortho intramolecular Hbond substituents is 1. The van der Waals surface area contributed by atoms with Gasteiger partial charge < -0.3 is 9.84 Å². The minimum absolute atomic E-state index is 0.0295. The number of phenols is 1. The van der Waals surface area contributed by atoms with Crippen LogP contribution in [-0.4, -0.2) is 39.9 Å². The van der Waals surface area contributed by atoms with E-state index < -0.39 is 11.0 Å². The lowest BCUT2D eigenvalue weighted by atomic mass is 9.82. The van der Waals surface area contributed by atoms with E-state index >= 15 is 0 Å². The first-order chi connectivity index (χ1) is 17.8. The second kappa shape index (κ2) is 8.76. The highest BCUT2D eigenvalue weighted by atomic mass is 35.5. The highest BCUT2D eigenvalue weighted by Crippen LogP contribution is 2.54. The average molecular weight is 551 g/mol. The van der Waals surface area contributed by atoms with Gasteiger partial charge in [0, 0.05) is 10.6 Å². The molecule has 7 nitrogen and oxygen atoms in total.